The summed E-state index contributed by atoms with van der Waals surface area (Å²) in [5, 5.41) is 2.66. The summed E-state index contributed by atoms with van der Waals surface area (Å²) in [6.45, 7) is 4.33. The maximum Gasteiger partial charge on any atom is 0.0519 e. The SMILES string of the molecule is C[Si](C)=[Zr]([Cl])[Cl].[NH-]C(=O)C1CCCCC1.c1ccc2[cH-]ccc2c1. The Morgan fingerprint density at radius 3 is 2.21 bits per heavy atom. The van der Waals surface area contributed by atoms with E-state index in [9.17, 15) is 4.79 Å². The molecule has 1 N–H and O–H groups in total. The molecule has 0 atom stereocenters. The normalized spacial score (nSPS) is 14.0. The van der Waals surface area contributed by atoms with Crippen molar-refractivity contribution in [2.75, 3.05) is 0 Å². The van der Waals surface area contributed by atoms with Gasteiger partial charge >= 0.3 is 53.5 Å². The molecule has 0 bridgehead atoms. The largest absolute Gasteiger partial charge is 0.668 e. The van der Waals surface area contributed by atoms with E-state index in [1.165, 1.54) is 17.2 Å². The molecule has 0 radical (unpaired) electrons. The van der Waals surface area contributed by atoms with Gasteiger partial charge in [0.2, 0.25) is 0 Å². The molecule has 132 valence electrons. The fraction of sp³-hybridized carbons (Fsp3) is 0.444. The Kier molecular flexibility index (Phi) is 11.3. The predicted molar refractivity (Wildman–Crippen MR) is 105 cm³/mol. The van der Waals surface area contributed by atoms with Crippen molar-refractivity contribution in [3.63, 3.8) is 0 Å². The van der Waals surface area contributed by atoms with Crippen LogP contribution in [0.2, 0.25) is 13.1 Å². The van der Waals surface area contributed by atoms with Gasteiger partial charge in [-0.25, -0.2) is 0 Å². The van der Waals surface area contributed by atoms with Crippen molar-refractivity contribution in [2.45, 2.75) is 45.2 Å². The van der Waals surface area contributed by atoms with Crippen molar-refractivity contribution in [2.24, 2.45) is 5.92 Å². The van der Waals surface area contributed by atoms with Crippen molar-refractivity contribution < 1.29 is 22.8 Å². The van der Waals surface area contributed by atoms with Crippen molar-refractivity contribution >= 4 is 39.1 Å². The summed E-state index contributed by atoms with van der Waals surface area (Å²) in [4.78, 5) is 10.5. The zero-order chi connectivity index (χ0) is 17.9. The van der Waals surface area contributed by atoms with Gasteiger partial charge in [0.1, 0.15) is 0 Å². The molecule has 3 rings (SSSR count). The second kappa shape index (κ2) is 12.4. The number of hydrogen-bond donors (Lipinski definition) is 0. The number of rotatable bonds is 1. The first-order valence-electron chi connectivity index (χ1n) is 8.26. The van der Waals surface area contributed by atoms with Gasteiger partial charge in [-0.15, -0.1) is 29.7 Å². The standard InChI is InChI=1S/C9H7.C7H13NO.C2H6Si.2ClH.Zr/c1-2-5-9-7-3-6-8(9)4-1;8-7(9)6-4-2-1-3-5-6;1-3-2;;;/h1-7H;6H,1-5H2,(H2,8,9);1-2H3;2*1H;/q-1;;;;;+2/p-3. The molecule has 2 aromatic carbocycles. The molecule has 1 amide bonds. The van der Waals surface area contributed by atoms with E-state index >= 15 is 0 Å². The van der Waals surface area contributed by atoms with Crippen LogP contribution < -0.4 is 0 Å². The number of hydrogen-bond acceptors (Lipinski definition) is 1. The van der Waals surface area contributed by atoms with E-state index in [2.05, 4.69) is 55.6 Å². The zero-order valence-corrected chi connectivity index (χ0v) is 19.3. The minimum atomic E-state index is -1.65. The van der Waals surface area contributed by atoms with Crippen LogP contribution in [0.4, 0.5) is 0 Å². The fourth-order valence-corrected chi connectivity index (χ4v) is 2.43. The molecule has 2 aromatic rings. The summed E-state index contributed by atoms with van der Waals surface area (Å²) in [7, 11) is 11.2. The Balaban J connectivity index is 0.000000185. The topological polar surface area (TPSA) is 40.9 Å². The zero-order valence-electron chi connectivity index (χ0n) is 14.3. The van der Waals surface area contributed by atoms with Gasteiger partial charge in [0.15, 0.2) is 0 Å². The minimum absolute atomic E-state index is 0.0822. The van der Waals surface area contributed by atoms with Crippen LogP contribution in [0.1, 0.15) is 32.1 Å². The van der Waals surface area contributed by atoms with Gasteiger partial charge in [0, 0.05) is 5.92 Å². The number of amides is 1. The average Bonchev–Trinajstić information content (AvgIpc) is 3.05. The third-order valence-corrected chi connectivity index (χ3v) is 23.6. The quantitative estimate of drug-likeness (QED) is 0.337. The number of halogens is 2. The first kappa shape index (κ1) is 22.0. The third kappa shape index (κ3) is 8.89. The Labute approximate surface area is 160 Å². The van der Waals surface area contributed by atoms with Gasteiger partial charge in [-0.05, 0) is 12.8 Å². The van der Waals surface area contributed by atoms with Crippen molar-refractivity contribution in [3.8, 4) is 0 Å². The maximum atomic E-state index is 10.5. The van der Waals surface area contributed by atoms with Crippen LogP contribution in [0.25, 0.3) is 16.5 Å². The molecule has 0 aromatic heterocycles. The van der Waals surface area contributed by atoms with Crippen LogP contribution in [-0.2, 0) is 22.8 Å². The molecule has 0 heterocycles. The smallest absolute Gasteiger partial charge is 0.0519 e. The van der Waals surface area contributed by atoms with Gasteiger partial charge in [-0.2, -0.15) is 17.5 Å². The summed E-state index contributed by atoms with van der Waals surface area (Å²) < 4.78 is 0. The van der Waals surface area contributed by atoms with Gasteiger partial charge in [-0.1, -0.05) is 25.3 Å². The molecule has 0 spiro atoms. The molecule has 24 heavy (non-hydrogen) atoms. The Hall–Kier alpha value is -0.0200. The van der Waals surface area contributed by atoms with E-state index in [0.29, 0.717) is 0 Å². The predicted octanol–water partition coefficient (Wildman–Crippen LogP) is 6.87. The van der Waals surface area contributed by atoms with E-state index < -0.39 is 18.0 Å². The van der Waals surface area contributed by atoms with E-state index in [1.54, 1.807) is 0 Å². The fourth-order valence-electron chi connectivity index (χ4n) is 2.43. The second-order valence-electron chi connectivity index (χ2n) is 6.11. The minimum Gasteiger partial charge on any atom is -0.668 e. The Morgan fingerprint density at radius 1 is 1.17 bits per heavy atom. The monoisotopic (exact) mass is 459 g/mol. The molecule has 0 saturated heterocycles. The van der Waals surface area contributed by atoms with E-state index in [-0.39, 0.29) is 17.3 Å². The van der Waals surface area contributed by atoms with Crippen LogP contribution in [-0.4, -0.2) is 11.3 Å². The van der Waals surface area contributed by atoms with Gasteiger partial charge in [-0.3, -0.25) is 0 Å². The summed E-state index contributed by atoms with van der Waals surface area (Å²) in [6, 6.07) is 14.7. The second-order valence-corrected chi connectivity index (χ2v) is 29.1. The van der Waals surface area contributed by atoms with E-state index in [1.807, 2.05) is 0 Å². The van der Waals surface area contributed by atoms with Crippen LogP contribution in [0.5, 0.6) is 0 Å². The summed E-state index contributed by atoms with van der Waals surface area (Å²) in [5.41, 5.74) is 6.61. The Bertz CT molecular complexity index is 618. The first-order valence-corrected chi connectivity index (χ1v) is 20.8. The van der Waals surface area contributed by atoms with Gasteiger partial charge < -0.3 is 10.5 Å². The maximum absolute atomic E-state index is 10.5. The molecule has 2 nitrogen and oxygen atoms in total. The van der Waals surface area contributed by atoms with Crippen LogP contribution >= 0.6 is 17.0 Å². The number of benzene rings is 1. The van der Waals surface area contributed by atoms with Crippen molar-refractivity contribution in [1.29, 1.82) is 0 Å². The van der Waals surface area contributed by atoms with E-state index in [0.717, 1.165) is 25.7 Å². The number of nitrogens with one attached hydrogen (secondary N) is 1. The van der Waals surface area contributed by atoms with E-state index in [4.69, 9.17) is 22.8 Å². The van der Waals surface area contributed by atoms with Crippen molar-refractivity contribution in [3.05, 3.63) is 48.2 Å². The summed E-state index contributed by atoms with van der Waals surface area (Å²) >= 11 is -1.65. The van der Waals surface area contributed by atoms with Crippen LogP contribution in [0.15, 0.2) is 42.5 Å². The van der Waals surface area contributed by atoms with Gasteiger partial charge in [0.25, 0.3) is 0 Å². The molecule has 1 aliphatic rings. The molecule has 1 aliphatic carbocycles. The first-order chi connectivity index (χ1) is 11.4. The average molecular weight is 462 g/mol. The Morgan fingerprint density at radius 2 is 1.75 bits per heavy atom. The molecular formula is C18H25Cl2NOSiZr-2. The molecule has 0 aliphatic heterocycles. The van der Waals surface area contributed by atoms with Crippen LogP contribution in [0.3, 0.4) is 0 Å². The molecule has 1 saturated carbocycles. The molecule has 0 unspecified atom stereocenters. The third-order valence-electron chi connectivity index (χ3n) is 3.90. The van der Waals surface area contributed by atoms with Crippen LogP contribution in [0, 0.1) is 5.92 Å². The molecule has 6 heteroatoms. The number of carbonyl (C=O) groups is 1. The number of fused-ring (bicyclic) bond motifs is 1. The molecular weight excluding hydrogens is 436 g/mol. The number of carbonyl (C=O) groups excluding carboxylic acids is 1. The molecule has 1 fully saturated rings. The summed E-state index contributed by atoms with van der Waals surface area (Å²) in [6.07, 6.45) is 5.47. The summed E-state index contributed by atoms with van der Waals surface area (Å²) in [5.74, 6) is -0.270. The van der Waals surface area contributed by atoms with Gasteiger partial charge in [0.05, 0.1) is 5.91 Å². The van der Waals surface area contributed by atoms with Crippen molar-refractivity contribution in [1.82, 2.24) is 0 Å².